The van der Waals surface area contributed by atoms with E-state index in [2.05, 4.69) is 0 Å². The summed E-state index contributed by atoms with van der Waals surface area (Å²) in [5.74, 6) is -1.91. The third kappa shape index (κ3) is 3.05. The van der Waals surface area contributed by atoms with Gasteiger partial charge in [-0.3, -0.25) is 0 Å². The average molecular weight is 298 g/mol. The topological polar surface area (TPSA) is 52.3 Å². The van der Waals surface area contributed by atoms with Gasteiger partial charge in [0.05, 0.1) is 10.6 Å². The highest BCUT2D eigenvalue weighted by Gasteiger charge is 2.14. The van der Waals surface area contributed by atoms with E-state index in [0.717, 1.165) is 12.1 Å². The van der Waals surface area contributed by atoms with Crippen molar-refractivity contribution >= 4 is 23.3 Å². The molecule has 0 atom stereocenters. The number of rotatable bonds is 3. The normalized spacial score (nSPS) is 10.3. The number of hydrogen-bond donors (Lipinski definition) is 1. The highest BCUT2D eigenvalue weighted by molar-refractivity contribution is 6.31. The lowest BCUT2D eigenvalue weighted by Crippen LogP contribution is -2.09. The predicted molar refractivity (Wildman–Crippen MR) is 71.3 cm³/mol. The smallest absolute Gasteiger partial charge is 0.340 e. The average Bonchev–Trinajstić information content (AvgIpc) is 2.37. The molecular weight excluding hydrogens is 288 g/mol. The molecule has 6 heteroatoms. The Kier molecular flexibility index (Phi) is 4.20. The van der Waals surface area contributed by atoms with E-state index in [1.807, 2.05) is 0 Å². The van der Waals surface area contributed by atoms with Gasteiger partial charge in [-0.25, -0.2) is 13.6 Å². The van der Waals surface area contributed by atoms with Crippen molar-refractivity contribution in [3.05, 3.63) is 64.2 Å². The summed E-state index contributed by atoms with van der Waals surface area (Å²) in [4.78, 5) is 11.8. The Morgan fingerprint density at radius 2 is 2.00 bits per heavy atom. The second-order valence-corrected chi connectivity index (χ2v) is 4.42. The Bertz CT molecular complexity index is 641. The van der Waals surface area contributed by atoms with Crippen molar-refractivity contribution < 1.29 is 18.3 Å². The molecule has 0 aromatic heterocycles. The number of hydrogen-bond acceptors (Lipinski definition) is 3. The fraction of sp³-hybridized carbons (Fsp3) is 0.0714. The van der Waals surface area contributed by atoms with E-state index in [9.17, 15) is 13.6 Å². The van der Waals surface area contributed by atoms with Crippen LogP contribution in [0.4, 0.5) is 14.5 Å². The monoisotopic (exact) mass is 297 g/mol. The van der Waals surface area contributed by atoms with Gasteiger partial charge in [-0.1, -0.05) is 17.7 Å². The molecule has 20 heavy (non-hydrogen) atoms. The van der Waals surface area contributed by atoms with E-state index in [1.54, 1.807) is 0 Å². The lowest BCUT2D eigenvalue weighted by Gasteiger charge is -2.09. The first kappa shape index (κ1) is 14.3. The van der Waals surface area contributed by atoms with Crippen LogP contribution >= 0.6 is 11.6 Å². The summed E-state index contributed by atoms with van der Waals surface area (Å²) in [5.41, 5.74) is 5.55. The molecule has 0 unspecified atom stereocenters. The molecule has 0 heterocycles. The Hall–Kier alpha value is -2.14. The van der Waals surface area contributed by atoms with E-state index in [4.69, 9.17) is 22.1 Å². The molecule has 0 saturated heterocycles. The molecule has 0 bridgehead atoms. The Labute approximate surface area is 118 Å². The minimum atomic E-state index is -0.776. The lowest BCUT2D eigenvalue weighted by atomic mass is 10.2. The Balaban J connectivity index is 2.13. The number of carbonyl (C=O) groups excluding carboxylic acids is 1. The summed E-state index contributed by atoms with van der Waals surface area (Å²) in [6.45, 7) is -0.332. The van der Waals surface area contributed by atoms with Crippen molar-refractivity contribution in [1.29, 1.82) is 0 Å². The summed E-state index contributed by atoms with van der Waals surface area (Å²) in [5, 5.41) is 0.157. The fourth-order valence-corrected chi connectivity index (χ4v) is 1.82. The van der Waals surface area contributed by atoms with Gasteiger partial charge in [-0.15, -0.1) is 0 Å². The lowest BCUT2D eigenvalue weighted by molar-refractivity contribution is 0.0470. The molecule has 2 N–H and O–H groups in total. The highest BCUT2D eigenvalue weighted by atomic mass is 35.5. The van der Waals surface area contributed by atoms with E-state index in [0.29, 0.717) is 0 Å². The Morgan fingerprint density at radius 3 is 2.65 bits per heavy atom. The SMILES string of the molecule is Nc1cc(F)ccc1C(=O)OCc1c(F)cccc1Cl. The van der Waals surface area contributed by atoms with Gasteiger partial charge >= 0.3 is 5.97 Å². The standard InChI is InChI=1S/C14H10ClF2NO2/c15-11-2-1-3-12(17)10(11)7-20-14(19)9-5-4-8(16)6-13(9)18/h1-6H,7,18H2. The van der Waals surface area contributed by atoms with Gasteiger partial charge in [0.15, 0.2) is 0 Å². The molecule has 0 radical (unpaired) electrons. The molecule has 104 valence electrons. The third-order valence-electron chi connectivity index (χ3n) is 2.64. The predicted octanol–water partition coefficient (Wildman–Crippen LogP) is 3.56. The van der Waals surface area contributed by atoms with Crippen LogP contribution < -0.4 is 5.73 Å². The molecular formula is C14H10ClF2NO2. The number of carbonyl (C=O) groups is 1. The zero-order chi connectivity index (χ0) is 14.7. The molecule has 0 aliphatic carbocycles. The Morgan fingerprint density at radius 1 is 1.25 bits per heavy atom. The van der Waals surface area contributed by atoms with Gasteiger partial charge in [0, 0.05) is 11.3 Å². The second-order valence-electron chi connectivity index (χ2n) is 4.01. The first-order valence-corrected chi connectivity index (χ1v) is 6.02. The minimum Gasteiger partial charge on any atom is -0.457 e. The van der Waals surface area contributed by atoms with E-state index >= 15 is 0 Å². The van der Waals surface area contributed by atoms with Crippen LogP contribution in [0.5, 0.6) is 0 Å². The van der Waals surface area contributed by atoms with Crippen LogP contribution in [0.1, 0.15) is 15.9 Å². The zero-order valence-corrected chi connectivity index (χ0v) is 11.0. The highest BCUT2D eigenvalue weighted by Crippen LogP contribution is 2.21. The molecule has 2 rings (SSSR count). The van der Waals surface area contributed by atoms with E-state index < -0.39 is 17.6 Å². The van der Waals surface area contributed by atoms with Gasteiger partial charge in [-0.05, 0) is 30.3 Å². The van der Waals surface area contributed by atoms with E-state index in [-0.39, 0.29) is 28.4 Å². The molecule has 0 aliphatic heterocycles. The van der Waals surface area contributed by atoms with Gasteiger partial charge < -0.3 is 10.5 Å². The summed E-state index contributed by atoms with van der Waals surface area (Å²) in [7, 11) is 0. The number of nitrogen functional groups attached to an aromatic ring is 1. The van der Waals surface area contributed by atoms with Crippen LogP contribution in [0.25, 0.3) is 0 Å². The summed E-state index contributed by atoms with van der Waals surface area (Å²) in [6.07, 6.45) is 0. The number of nitrogens with two attached hydrogens (primary N) is 1. The summed E-state index contributed by atoms with van der Waals surface area (Å²) < 4.78 is 31.3. The van der Waals surface area contributed by atoms with Crippen molar-refractivity contribution in [3.63, 3.8) is 0 Å². The maximum absolute atomic E-state index is 13.5. The van der Waals surface area contributed by atoms with Crippen LogP contribution in [0, 0.1) is 11.6 Å². The molecule has 2 aromatic carbocycles. The van der Waals surface area contributed by atoms with Crippen LogP contribution in [0.2, 0.25) is 5.02 Å². The van der Waals surface area contributed by atoms with Crippen LogP contribution in [-0.2, 0) is 11.3 Å². The van der Waals surface area contributed by atoms with Gasteiger partial charge in [0.25, 0.3) is 0 Å². The largest absolute Gasteiger partial charge is 0.457 e. The van der Waals surface area contributed by atoms with Crippen molar-refractivity contribution in [2.45, 2.75) is 6.61 Å². The van der Waals surface area contributed by atoms with E-state index in [1.165, 1.54) is 24.3 Å². The number of halogens is 3. The summed E-state index contributed by atoms with van der Waals surface area (Å²) >= 11 is 5.81. The first-order valence-electron chi connectivity index (χ1n) is 5.64. The van der Waals surface area contributed by atoms with Crippen LogP contribution in [0.3, 0.4) is 0 Å². The minimum absolute atomic E-state index is 0.0128. The maximum atomic E-state index is 13.5. The number of ether oxygens (including phenoxy) is 1. The number of benzene rings is 2. The zero-order valence-electron chi connectivity index (χ0n) is 10.2. The van der Waals surface area contributed by atoms with Crippen molar-refractivity contribution in [3.8, 4) is 0 Å². The molecule has 0 spiro atoms. The van der Waals surface area contributed by atoms with Crippen LogP contribution in [-0.4, -0.2) is 5.97 Å². The second kappa shape index (κ2) is 5.88. The molecule has 0 fully saturated rings. The molecule has 0 saturated carbocycles. The van der Waals surface area contributed by atoms with Crippen molar-refractivity contribution in [2.24, 2.45) is 0 Å². The molecule has 0 aliphatic rings. The maximum Gasteiger partial charge on any atom is 0.340 e. The van der Waals surface area contributed by atoms with Crippen molar-refractivity contribution in [2.75, 3.05) is 5.73 Å². The number of esters is 1. The quantitative estimate of drug-likeness (QED) is 0.696. The number of anilines is 1. The molecule has 3 nitrogen and oxygen atoms in total. The fourth-order valence-electron chi connectivity index (χ4n) is 1.61. The van der Waals surface area contributed by atoms with Gasteiger partial charge in [0.1, 0.15) is 18.2 Å². The summed E-state index contributed by atoms with van der Waals surface area (Å²) in [6, 6.07) is 7.44. The van der Waals surface area contributed by atoms with Crippen LogP contribution in [0.15, 0.2) is 36.4 Å². The molecule has 0 amide bonds. The van der Waals surface area contributed by atoms with Gasteiger partial charge in [-0.2, -0.15) is 0 Å². The third-order valence-corrected chi connectivity index (χ3v) is 3.00. The first-order chi connectivity index (χ1) is 9.49. The van der Waals surface area contributed by atoms with Gasteiger partial charge in [0.2, 0.25) is 0 Å². The molecule has 2 aromatic rings. The van der Waals surface area contributed by atoms with Crippen molar-refractivity contribution in [1.82, 2.24) is 0 Å².